The molecule has 2 rings (SSSR count). The Kier molecular flexibility index (Phi) is 4.17. The van der Waals surface area contributed by atoms with E-state index >= 15 is 0 Å². The van der Waals surface area contributed by atoms with Gasteiger partial charge in [0.05, 0.1) is 11.4 Å². The molecule has 2 N–H and O–H groups in total. The first-order chi connectivity index (χ1) is 9.19. The number of benzene rings is 1. The zero-order valence-electron chi connectivity index (χ0n) is 12.2. The van der Waals surface area contributed by atoms with E-state index < -0.39 is 0 Å². The molecule has 1 aromatic carbocycles. The number of rotatable bonds is 2. The van der Waals surface area contributed by atoms with Gasteiger partial charge in [-0.1, -0.05) is 48.3 Å². The van der Waals surface area contributed by atoms with E-state index in [-0.39, 0.29) is 5.41 Å². The van der Waals surface area contributed by atoms with Crippen LogP contribution in [0.1, 0.15) is 32.0 Å². The number of aryl methyl sites for hydroxylation is 1. The van der Waals surface area contributed by atoms with Gasteiger partial charge in [0.15, 0.2) is 0 Å². The summed E-state index contributed by atoms with van der Waals surface area (Å²) in [5, 5.41) is 5.16. The molecule has 0 saturated heterocycles. The van der Waals surface area contributed by atoms with Crippen LogP contribution in [0.4, 0.5) is 5.82 Å². The summed E-state index contributed by atoms with van der Waals surface area (Å²) in [4.78, 5) is 0. The van der Waals surface area contributed by atoms with Gasteiger partial charge in [-0.2, -0.15) is 5.10 Å². The predicted molar refractivity (Wildman–Crippen MR) is 88.6 cm³/mol. The van der Waals surface area contributed by atoms with Gasteiger partial charge in [-0.05, 0) is 42.5 Å². The highest BCUT2D eigenvalue weighted by Gasteiger charge is 2.21. The number of halogens is 2. The minimum Gasteiger partial charge on any atom is -0.382 e. The van der Waals surface area contributed by atoms with Crippen molar-refractivity contribution in [2.45, 2.75) is 34.1 Å². The van der Waals surface area contributed by atoms with Crippen molar-refractivity contribution in [2.75, 3.05) is 5.73 Å². The average Bonchev–Trinajstić information content (AvgIpc) is 2.56. The SMILES string of the molecule is Cc1cc(Br)ccc1-n1nc(CC(C)(C)C)c(Cl)c1N. The lowest BCUT2D eigenvalue weighted by Gasteiger charge is -2.16. The van der Waals surface area contributed by atoms with Crippen LogP contribution in [-0.2, 0) is 6.42 Å². The first-order valence-corrected chi connectivity index (χ1v) is 7.65. The molecule has 3 nitrogen and oxygen atoms in total. The van der Waals surface area contributed by atoms with Gasteiger partial charge in [-0.25, -0.2) is 4.68 Å². The van der Waals surface area contributed by atoms with Crippen molar-refractivity contribution in [3.63, 3.8) is 0 Å². The molecule has 1 heterocycles. The highest BCUT2D eigenvalue weighted by atomic mass is 79.9. The molecule has 0 radical (unpaired) electrons. The van der Waals surface area contributed by atoms with Gasteiger partial charge in [0, 0.05) is 4.47 Å². The summed E-state index contributed by atoms with van der Waals surface area (Å²) in [6.45, 7) is 8.49. The molecule has 0 amide bonds. The first kappa shape index (κ1) is 15.4. The van der Waals surface area contributed by atoms with Crippen LogP contribution in [0, 0.1) is 12.3 Å². The molecular formula is C15H19BrClN3. The van der Waals surface area contributed by atoms with Crippen LogP contribution in [0.2, 0.25) is 5.02 Å². The third kappa shape index (κ3) is 3.18. The largest absolute Gasteiger partial charge is 0.382 e. The van der Waals surface area contributed by atoms with Crippen LogP contribution in [0.3, 0.4) is 0 Å². The Bertz CT molecular complexity index is 641. The van der Waals surface area contributed by atoms with Gasteiger partial charge < -0.3 is 5.73 Å². The summed E-state index contributed by atoms with van der Waals surface area (Å²) < 4.78 is 2.76. The number of nitrogen functional groups attached to an aromatic ring is 1. The van der Waals surface area contributed by atoms with E-state index in [0.717, 1.165) is 27.8 Å². The van der Waals surface area contributed by atoms with E-state index in [4.69, 9.17) is 17.3 Å². The molecular weight excluding hydrogens is 338 g/mol. The van der Waals surface area contributed by atoms with Gasteiger partial charge in [-0.15, -0.1) is 0 Å². The maximum Gasteiger partial charge on any atom is 0.146 e. The molecule has 5 heteroatoms. The number of aromatic nitrogens is 2. The van der Waals surface area contributed by atoms with Gasteiger partial charge in [0.2, 0.25) is 0 Å². The minimum absolute atomic E-state index is 0.115. The highest BCUT2D eigenvalue weighted by molar-refractivity contribution is 9.10. The molecule has 2 aromatic rings. The fourth-order valence-corrected chi connectivity index (χ4v) is 2.77. The molecule has 0 saturated carbocycles. The maximum atomic E-state index is 6.34. The molecule has 20 heavy (non-hydrogen) atoms. The standard InChI is InChI=1S/C15H19BrClN3/c1-9-7-10(16)5-6-12(9)20-14(18)13(17)11(19-20)8-15(2,3)4/h5-7H,8,18H2,1-4H3. The summed E-state index contributed by atoms with van der Waals surface area (Å²) in [5.74, 6) is 0.497. The van der Waals surface area contributed by atoms with Crippen LogP contribution >= 0.6 is 27.5 Å². The molecule has 0 aliphatic heterocycles. The molecule has 108 valence electrons. The Labute approximate surface area is 133 Å². The van der Waals surface area contributed by atoms with Crippen LogP contribution in [0.25, 0.3) is 5.69 Å². The Hall–Kier alpha value is -1.00. The summed E-state index contributed by atoms with van der Waals surface area (Å²) in [7, 11) is 0. The number of anilines is 1. The lowest BCUT2D eigenvalue weighted by molar-refractivity contribution is 0.405. The van der Waals surface area contributed by atoms with Crippen LogP contribution in [0.15, 0.2) is 22.7 Å². The van der Waals surface area contributed by atoms with E-state index in [1.54, 1.807) is 4.68 Å². The Morgan fingerprint density at radius 3 is 2.55 bits per heavy atom. The van der Waals surface area contributed by atoms with Crippen molar-refractivity contribution < 1.29 is 0 Å². The van der Waals surface area contributed by atoms with Crippen molar-refractivity contribution in [3.05, 3.63) is 39.0 Å². The van der Waals surface area contributed by atoms with E-state index in [0.29, 0.717) is 10.8 Å². The summed E-state index contributed by atoms with van der Waals surface area (Å²) >= 11 is 9.80. The molecule has 0 atom stereocenters. The fourth-order valence-electron chi connectivity index (χ4n) is 2.11. The third-order valence-electron chi connectivity index (χ3n) is 3.01. The normalized spacial score (nSPS) is 11.9. The first-order valence-electron chi connectivity index (χ1n) is 6.48. The van der Waals surface area contributed by atoms with Gasteiger partial charge in [-0.3, -0.25) is 0 Å². The van der Waals surface area contributed by atoms with Gasteiger partial charge in [0.25, 0.3) is 0 Å². The monoisotopic (exact) mass is 355 g/mol. The number of nitrogens with two attached hydrogens (primary N) is 1. The van der Waals surface area contributed by atoms with Crippen molar-refractivity contribution in [1.29, 1.82) is 0 Å². The number of hydrogen-bond acceptors (Lipinski definition) is 2. The number of hydrogen-bond donors (Lipinski definition) is 1. The topological polar surface area (TPSA) is 43.8 Å². The second-order valence-electron chi connectivity index (χ2n) is 6.23. The average molecular weight is 357 g/mol. The van der Waals surface area contributed by atoms with Crippen LogP contribution < -0.4 is 5.73 Å². The predicted octanol–water partition coefficient (Wildman–Crippen LogP) is 4.77. The van der Waals surface area contributed by atoms with E-state index in [1.165, 1.54) is 0 Å². The third-order valence-corrected chi connectivity index (χ3v) is 3.92. The second-order valence-corrected chi connectivity index (χ2v) is 7.52. The zero-order chi connectivity index (χ0) is 15.1. The Morgan fingerprint density at radius 2 is 2.00 bits per heavy atom. The Balaban J connectivity index is 2.50. The second kappa shape index (κ2) is 5.41. The molecule has 0 aliphatic rings. The zero-order valence-corrected chi connectivity index (χ0v) is 14.5. The lowest BCUT2D eigenvalue weighted by Crippen LogP contribution is -2.10. The van der Waals surface area contributed by atoms with E-state index in [2.05, 4.69) is 41.8 Å². The van der Waals surface area contributed by atoms with Crippen molar-refractivity contribution in [3.8, 4) is 5.69 Å². The van der Waals surface area contributed by atoms with Crippen molar-refractivity contribution in [1.82, 2.24) is 9.78 Å². The van der Waals surface area contributed by atoms with Gasteiger partial charge >= 0.3 is 0 Å². The minimum atomic E-state index is 0.115. The quantitative estimate of drug-likeness (QED) is 0.842. The molecule has 0 aliphatic carbocycles. The summed E-state index contributed by atoms with van der Waals surface area (Å²) in [6, 6.07) is 5.99. The van der Waals surface area contributed by atoms with Crippen LogP contribution in [0.5, 0.6) is 0 Å². The van der Waals surface area contributed by atoms with Crippen molar-refractivity contribution in [2.24, 2.45) is 5.41 Å². The van der Waals surface area contributed by atoms with Crippen molar-refractivity contribution >= 4 is 33.3 Å². The highest BCUT2D eigenvalue weighted by Crippen LogP contribution is 2.32. The van der Waals surface area contributed by atoms with E-state index in [9.17, 15) is 0 Å². The molecule has 1 aromatic heterocycles. The van der Waals surface area contributed by atoms with E-state index in [1.807, 2.05) is 25.1 Å². The summed E-state index contributed by atoms with van der Waals surface area (Å²) in [6.07, 6.45) is 0.790. The van der Waals surface area contributed by atoms with Crippen LogP contribution in [-0.4, -0.2) is 9.78 Å². The molecule has 0 unspecified atom stereocenters. The maximum absolute atomic E-state index is 6.34. The Morgan fingerprint density at radius 1 is 1.35 bits per heavy atom. The number of nitrogens with zero attached hydrogens (tertiary/aromatic N) is 2. The lowest BCUT2D eigenvalue weighted by atomic mass is 9.91. The fraction of sp³-hybridized carbons (Fsp3) is 0.400. The van der Waals surface area contributed by atoms with Gasteiger partial charge in [0.1, 0.15) is 10.8 Å². The summed E-state index contributed by atoms with van der Waals surface area (Å²) in [5.41, 5.74) is 9.12. The smallest absolute Gasteiger partial charge is 0.146 e. The molecule has 0 spiro atoms. The molecule has 0 bridgehead atoms. The molecule has 0 fully saturated rings.